The predicted molar refractivity (Wildman–Crippen MR) is 72.7 cm³/mol. The largest absolute Gasteiger partial charge is 0.324 e. The molecule has 0 saturated carbocycles. The summed E-state index contributed by atoms with van der Waals surface area (Å²) in [5.41, 5.74) is 8.50. The summed E-state index contributed by atoms with van der Waals surface area (Å²) in [7, 11) is 0. The first-order valence-electron chi connectivity index (χ1n) is 7.39. The van der Waals surface area contributed by atoms with Crippen LogP contribution in [0.2, 0.25) is 0 Å². The average molecular weight is 259 g/mol. The van der Waals surface area contributed by atoms with Gasteiger partial charge < -0.3 is 5.73 Å². The van der Waals surface area contributed by atoms with Gasteiger partial charge >= 0.3 is 0 Å². The van der Waals surface area contributed by atoms with Crippen LogP contribution in [0.1, 0.15) is 42.0 Å². The van der Waals surface area contributed by atoms with Crippen molar-refractivity contribution in [1.82, 2.24) is 19.8 Å². The van der Waals surface area contributed by atoms with Crippen LogP contribution in [0.3, 0.4) is 0 Å². The fourth-order valence-electron chi connectivity index (χ4n) is 3.62. The number of nitrogens with zero attached hydrogens (tertiary/aromatic N) is 4. The third kappa shape index (κ3) is 1.96. The molecule has 5 nitrogen and oxygen atoms in total. The minimum atomic E-state index is 0.143. The number of aryl methyl sites for hydroxylation is 1. The Bertz CT molecular complexity index is 481. The van der Waals surface area contributed by atoms with Crippen LogP contribution in [0, 0.1) is 0 Å². The highest BCUT2D eigenvalue weighted by Gasteiger charge is 2.35. The number of piperazine rings is 3. The van der Waals surface area contributed by atoms with E-state index in [0.717, 1.165) is 44.7 Å². The van der Waals surface area contributed by atoms with Crippen molar-refractivity contribution in [3.63, 3.8) is 0 Å². The normalized spacial score (nSPS) is 37.1. The Labute approximate surface area is 113 Å². The van der Waals surface area contributed by atoms with Gasteiger partial charge in [-0.2, -0.15) is 0 Å². The molecule has 19 heavy (non-hydrogen) atoms. The number of hydrogen-bond acceptors (Lipinski definition) is 5. The van der Waals surface area contributed by atoms with Crippen molar-refractivity contribution >= 4 is 0 Å². The lowest BCUT2D eigenvalue weighted by Gasteiger charge is -2.46. The van der Waals surface area contributed by atoms with Crippen LogP contribution < -0.4 is 5.73 Å². The van der Waals surface area contributed by atoms with Gasteiger partial charge in [0.25, 0.3) is 0 Å². The van der Waals surface area contributed by atoms with E-state index in [9.17, 15) is 0 Å². The highest BCUT2D eigenvalue weighted by molar-refractivity contribution is 5.25. The molecular formula is C14H21N5. The minimum absolute atomic E-state index is 0.143. The molecule has 3 fully saturated rings. The lowest BCUT2D eigenvalue weighted by Crippen LogP contribution is -2.57. The fraction of sp³-hybridized carbons (Fsp3) is 0.714. The Hall–Kier alpha value is -1.04. The van der Waals surface area contributed by atoms with Gasteiger partial charge in [0.05, 0.1) is 6.04 Å². The zero-order valence-corrected chi connectivity index (χ0v) is 11.3. The summed E-state index contributed by atoms with van der Waals surface area (Å²) in [6.07, 6.45) is 5.28. The van der Waals surface area contributed by atoms with Gasteiger partial charge in [-0.25, -0.2) is 9.97 Å². The third-order valence-electron chi connectivity index (χ3n) is 4.82. The van der Waals surface area contributed by atoms with Crippen molar-refractivity contribution in [2.45, 2.75) is 31.3 Å². The molecule has 5 heteroatoms. The predicted octanol–water partition coefficient (Wildman–Crippen LogP) is 0.485. The average Bonchev–Trinajstić information content (AvgIpc) is 2.48. The van der Waals surface area contributed by atoms with Gasteiger partial charge in [0.2, 0.25) is 0 Å². The van der Waals surface area contributed by atoms with E-state index in [1.165, 1.54) is 24.3 Å². The summed E-state index contributed by atoms with van der Waals surface area (Å²) in [5, 5.41) is 0. The number of nitrogens with two attached hydrogens (primary N) is 1. The van der Waals surface area contributed by atoms with Crippen molar-refractivity contribution in [3.8, 4) is 0 Å². The Morgan fingerprint density at radius 3 is 2.79 bits per heavy atom. The van der Waals surface area contributed by atoms with Gasteiger partial charge in [0.15, 0.2) is 0 Å². The maximum absolute atomic E-state index is 6.14. The van der Waals surface area contributed by atoms with Crippen LogP contribution in [0.15, 0.2) is 6.20 Å². The Kier molecular flexibility index (Phi) is 2.79. The molecule has 102 valence electrons. The van der Waals surface area contributed by atoms with E-state index in [1.807, 2.05) is 6.20 Å². The second-order valence-corrected chi connectivity index (χ2v) is 5.98. The molecule has 1 aliphatic carbocycles. The summed E-state index contributed by atoms with van der Waals surface area (Å²) in [4.78, 5) is 14.5. The smallest absolute Gasteiger partial charge is 0.146 e. The molecule has 1 aromatic heterocycles. The van der Waals surface area contributed by atoms with E-state index in [0.29, 0.717) is 6.04 Å². The second kappa shape index (κ2) is 4.51. The van der Waals surface area contributed by atoms with Gasteiger partial charge in [-0.05, 0) is 19.3 Å². The SMILES string of the molecule is NC1CCCc2nc(C3CN4CCN3CC4)ncc21. The number of rotatable bonds is 1. The summed E-state index contributed by atoms with van der Waals surface area (Å²) in [6.45, 7) is 5.80. The molecule has 0 amide bonds. The molecule has 0 aromatic carbocycles. The van der Waals surface area contributed by atoms with Crippen LogP contribution in [0.4, 0.5) is 0 Å². The molecule has 2 N–H and O–H groups in total. The van der Waals surface area contributed by atoms with Crippen LogP contribution in [0.5, 0.6) is 0 Å². The Balaban J connectivity index is 1.65. The highest BCUT2D eigenvalue weighted by atomic mass is 15.4. The van der Waals surface area contributed by atoms with Gasteiger partial charge in [-0.3, -0.25) is 9.80 Å². The van der Waals surface area contributed by atoms with Crippen molar-refractivity contribution in [2.24, 2.45) is 5.73 Å². The zero-order valence-electron chi connectivity index (χ0n) is 11.3. The van der Waals surface area contributed by atoms with E-state index in [4.69, 9.17) is 10.7 Å². The maximum atomic E-state index is 6.14. The van der Waals surface area contributed by atoms with Crippen molar-refractivity contribution in [1.29, 1.82) is 0 Å². The van der Waals surface area contributed by atoms with Crippen molar-refractivity contribution in [3.05, 3.63) is 23.3 Å². The first kappa shape index (κ1) is 11.8. The standard InChI is InChI=1S/C14H21N5/c15-11-2-1-3-12-10(11)8-16-14(17-12)13-9-18-4-6-19(13)7-5-18/h8,11,13H,1-7,9,15H2. The summed E-state index contributed by atoms with van der Waals surface area (Å²) >= 11 is 0. The van der Waals surface area contributed by atoms with Crippen LogP contribution in [0.25, 0.3) is 0 Å². The molecular weight excluding hydrogens is 238 g/mol. The Morgan fingerprint density at radius 1 is 1.21 bits per heavy atom. The number of hydrogen-bond donors (Lipinski definition) is 1. The highest BCUT2D eigenvalue weighted by Crippen LogP contribution is 2.30. The van der Waals surface area contributed by atoms with Gasteiger partial charge in [0.1, 0.15) is 5.82 Å². The van der Waals surface area contributed by atoms with Crippen molar-refractivity contribution in [2.75, 3.05) is 32.7 Å². The molecule has 0 radical (unpaired) electrons. The molecule has 1 aromatic rings. The zero-order chi connectivity index (χ0) is 12.8. The van der Waals surface area contributed by atoms with Crippen LogP contribution in [-0.2, 0) is 6.42 Å². The van der Waals surface area contributed by atoms with Gasteiger partial charge in [-0.1, -0.05) is 0 Å². The molecule has 4 heterocycles. The lowest BCUT2D eigenvalue weighted by atomic mass is 9.93. The fourth-order valence-corrected chi connectivity index (χ4v) is 3.62. The summed E-state index contributed by atoms with van der Waals surface area (Å²) < 4.78 is 0. The quantitative estimate of drug-likeness (QED) is 0.795. The number of aromatic nitrogens is 2. The van der Waals surface area contributed by atoms with Crippen molar-refractivity contribution < 1.29 is 0 Å². The molecule has 0 spiro atoms. The van der Waals surface area contributed by atoms with E-state index in [1.54, 1.807) is 0 Å². The Morgan fingerprint density at radius 2 is 2.05 bits per heavy atom. The summed E-state index contributed by atoms with van der Waals surface area (Å²) in [6, 6.07) is 0.538. The van der Waals surface area contributed by atoms with Crippen LogP contribution in [-0.4, -0.2) is 52.5 Å². The van der Waals surface area contributed by atoms with Gasteiger partial charge in [0, 0.05) is 56.2 Å². The first-order valence-corrected chi connectivity index (χ1v) is 7.39. The van der Waals surface area contributed by atoms with Crippen LogP contribution >= 0.6 is 0 Å². The summed E-state index contributed by atoms with van der Waals surface area (Å²) in [5.74, 6) is 1.01. The molecule has 2 unspecified atom stereocenters. The van der Waals surface area contributed by atoms with E-state index >= 15 is 0 Å². The molecule has 3 saturated heterocycles. The van der Waals surface area contributed by atoms with Gasteiger partial charge in [-0.15, -0.1) is 0 Å². The van der Waals surface area contributed by atoms with E-state index in [-0.39, 0.29) is 6.04 Å². The minimum Gasteiger partial charge on any atom is -0.324 e. The molecule has 5 rings (SSSR count). The second-order valence-electron chi connectivity index (χ2n) is 5.98. The maximum Gasteiger partial charge on any atom is 0.146 e. The number of fused-ring (bicyclic) bond motifs is 4. The molecule has 3 aliphatic heterocycles. The topological polar surface area (TPSA) is 58.3 Å². The first-order chi connectivity index (χ1) is 9.31. The molecule has 2 bridgehead atoms. The third-order valence-corrected chi connectivity index (χ3v) is 4.82. The van der Waals surface area contributed by atoms with E-state index < -0.39 is 0 Å². The monoisotopic (exact) mass is 259 g/mol. The van der Waals surface area contributed by atoms with E-state index in [2.05, 4.69) is 14.8 Å². The molecule has 4 aliphatic rings. The molecule has 2 atom stereocenters. The lowest BCUT2D eigenvalue weighted by molar-refractivity contribution is 0.00850.